The highest BCUT2D eigenvalue weighted by atomic mass is 16.5. The summed E-state index contributed by atoms with van der Waals surface area (Å²) < 4.78 is 4.91. The standard InChI is InChI=1S/C16H26O2/c1-12(11-18-14(3)17)8-9-15-13(2)7-6-10-16(15,4)5/h11H,6-10H2,1-5H3/b12-11+. The van der Waals surface area contributed by atoms with Crippen molar-refractivity contribution in [2.45, 2.75) is 66.7 Å². The van der Waals surface area contributed by atoms with Crippen LogP contribution in [0, 0.1) is 5.41 Å². The lowest BCUT2D eigenvalue weighted by Gasteiger charge is -2.34. The summed E-state index contributed by atoms with van der Waals surface area (Å²) in [4.78, 5) is 10.7. The van der Waals surface area contributed by atoms with Crippen molar-refractivity contribution < 1.29 is 9.53 Å². The van der Waals surface area contributed by atoms with Gasteiger partial charge in [0.15, 0.2) is 0 Å². The van der Waals surface area contributed by atoms with E-state index in [4.69, 9.17) is 4.74 Å². The molecule has 0 fully saturated rings. The van der Waals surface area contributed by atoms with Gasteiger partial charge in [0, 0.05) is 6.92 Å². The maximum absolute atomic E-state index is 10.7. The van der Waals surface area contributed by atoms with Gasteiger partial charge in [0.2, 0.25) is 0 Å². The zero-order chi connectivity index (χ0) is 13.8. The molecule has 102 valence electrons. The lowest BCUT2D eigenvalue weighted by atomic mass is 9.71. The molecule has 1 rings (SSSR count). The zero-order valence-electron chi connectivity index (χ0n) is 12.4. The average Bonchev–Trinajstić information content (AvgIpc) is 2.24. The zero-order valence-corrected chi connectivity index (χ0v) is 12.4. The molecule has 0 radical (unpaired) electrons. The molecule has 0 aromatic rings. The first-order valence-corrected chi connectivity index (χ1v) is 6.85. The summed E-state index contributed by atoms with van der Waals surface area (Å²) in [7, 11) is 0. The maximum Gasteiger partial charge on any atom is 0.307 e. The molecular formula is C16H26O2. The molecule has 0 unspecified atom stereocenters. The number of allylic oxidation sites excluding steroid dienone is 3. The topological polar surface area (TPSA) is 26.3 Å². The smallest absolute Gasteiger partial charge is 0.307 e. The highest BCUT2D eigenvalue weighted by Gasteiger charge is 2.27. The lowest BCUT2D eigenvalue weighted by molar-refractivity contribution is -0.135. The highest BCUT2D eigenvalue weighted by Crippen LogP contribution is 2.42. The van der Waals surface area contributed by atoms with Crippen LogP contribution in [0.4, 0.5) is 0 Å². The molecule has 2 heteroatoms. The summed E-state index contributed by atoms with van der Waals surface area (Å²) in [5.41, 5.74) is 4.63. The number of hydrogen-bond acceptors (Lipinski definition) is 2. The van der Waals surface area contributed by atoms with E-state index in [1.54, 1.807) is 17.4 Å². The molecule has 0 amide bonds. The number of hydrogen-bond donors (Lipinski definition) is 0. The highest BCUT2D eigenvalue weighted by molar-refractivity contribution is 5.66. The fraction of sp³-hybridized carbons (Fsp3) is 0.688. The number of ether oxygens (including phenoxy) is 1. The first-order valence-electron chi connectivity index (χ1n) is 6.85. The normalized spacial score (nSPS) is 19.9. The fourth-order valence-corrected chi connectivity index (χ4v) is 2.79. The Morgan fingerprint density at radius 2 is 2.06 bits per heavy atom. The molecule has 0 atom stereocenters. The monoisotopic (exact) mass is 250 g/mol. The van der Waals surface area contributed by atoms with Crippen LogP contribution >= 0.6 is 0 Å². The average molecular weight is 250 g/mol. The van der Waals surface area contributed by atoms with Crippen LogP contribution in [0.5, 0.6) is 0 Å². The molecule has 18 heavy (non-hydrogen) atoms. The van der Waals surface area contributed by atoms with Gasteiger partial charge in [0.25, 0.3) is 0 Å². The lowest BCUT2D eigenvalue weighted by Crippen LogP contribution is -2.20. The van der Waals surface area contributed by atoms with Gasteiger partial charge in [0.05, 0.1) is 6.26 Å². The van der Waals surface area contributed by atoms with Crippen molar-refractivity contribution in [2.75, 3.05) is 0 Å². The van der Waals surface area contributed by atoms with Crippen molar-refractivity contribution >= 4 is 5.97 Å². The van der Waals surface area contributed by atoms with Crippen LogP contribution in [-0.2, 0) is 9.53 Å². The minimum absolute atomic E-state index is 0.247. The molecule has 2 nitrogen and oxygen atoms in total. The summed E-state index contributed by atoms with van der Waals surface area (Å²) in [6.45, 7) is 10.4. The first-order chi connectivity index (χ1) is 8.33. The van der Waals surface area contributed by atoms with Crippen molar-refractivity contribution in [2.24, 2.45) is 5.41 Å². The number of carbonyl (C=O) groups excluding carboxylic acids is 1. The quantitative estimate of drug-likeness (QED) is 0.408. The van der Waals surface area contributed by atoms with Gasteiger partial charge < -0.3 is 4.74 Å². The molecule has 0 heterocycles. The summed E-state index contributed by atoms with van der Waals surface area (Å²) in [5.74, 6) is -0.247. The van der Waals surface area contributed by atoms with Gasteiger partial charge in [-0.3, -0.25) is 4.79 Å². The Labute approximate surface area is 111 Å². The molecule has 0 aromatic heterocycles. The second kappa shape index (κ2) is 6.21. The Bertz CT molecular complexity index is 373. The number of esters is 1. The van der Waals surface area contributed by atoms with E-state index in [0.717, 1.165) is 18.4 Å². The Hall–Kier alpha value is -1.05. The summed E-state index contributed by atoms with van der Waals surface area (Å²) in [5, 5.41) is 0. The van der Waals surface area contributed by atoms with E-state index in [-0.39, 0.29) is 5.97 Å². The molecule has 0 aliphatic heterocycles. The van der Waals surface area contributed by atoms with Crippen LogP contribution in [0.1, 0.15) is 66.7 Å². The van der Waals surface area contributed by atoms with Crippen molar-refractivity contribution in [3.8, 4) is 0 Å². The van der Waals surface area contributed by atoms with E-state index in [2.05, 4.69) is 20.8 Å². The summed E-state index contributed by atoms with van der Waals surface area (Å²) in [6.07, 6.45) is 7.49. The molecule has 0 bridgehead atoms. The number of carbonyl (C=O) groups is 1. The second-order valence-corrected chi connectivity index (χ2v) is 6.07. The third kappa shape index (κ3) is 4.32. The molecular weight excluding hydrogens is 224 g/mol. The van der Waals surface area contributed by atoms with Gasteiger partial charge in [-0.2, -0.15) is 0 Å². The Morgan fingerprint density at radius 1 is 1.39 bits per heavy atom. The summed E-state index contributed by atoms with van der Waals surface area (Å²) in [6, 6.07) is 0. The minimum Gasteiger partial charge on any atom is -0.435 e. The Kier molecular flexibility index (Phi) is 5.18. The molecule has 0 N–H and O–H groups in total. The van der Waals surface area contributed by atoms with Crippen molar-refractivity contribution in [3.05, 3.63) is 23.0 Å². The molecule has 0 saturated carbocycles. The first kappa shape index (κ1) is 15.0. The third-order valence-corrected chi connectivity index (χ3v) is 3.88. The Balaban J connectivity index is 2.61. The van der Waals surface area contributed by atoms with Crippen molar-refractivity contribution in [3.63, 3.8) is 0 Å². The molecule has 0 saturated heterocycles. The minimum atomic E-state index is -0.247. The second-order valence-electron chi connectivity index (χ2n) is 6.07. The van der Waals surface area contributed by atoms with Crippen LogP contribution in [0.15, 0.2) is 23.0 Å². The predicted octanol–water partition coefficient (Wildman–Crippen LogP) is 4.76. The van der Waals surface area contributed by atoms with Crippen LogP contribution < -0.4 is 0 Å². The van der Waals surface area contributed by atoms with E-state index >= 15 is 0 Å². The van der Waals surface area contributed by atoms with Crippen molar-refractivity contribution in [1.29, 1.82) is 0 Å². The van der Waals surface area contributed by atoms with Crippen LogP contribution in [0.3, 0.4) is 0 Å². The third-order valence-electron chi connectivity index (χ3n) is 3.88. The van der Waals surface area contributed by atoms with E-state index < -0.39 is 0 Å². The van der Waals surface area contributed by atoms with Crippen LogP contribution in [-0.4, -0.2) is 5.97 Å². The maximum atomic E-state index is 10.7. The van der Waals surface area contributed by atoms with Gasteiger partial charge in [-0.1, -0.05) is 25.0 Å². The number of rotatable bonds is 4. The van der Waals surface area contributed by atoms with Gasteiger partial charge in [-0.05, 0) is 56.9 Å². The van der Waals surface area contributed by atoms with Gasteiger partial charge in [-0.15, -0.1) is 0 Å². The Morgan fingerprint density at radius 3 is 2.61 bits per heavy atom. The molecule has 1 aliphatic rings. The molecule has 0 aromatic carbocycles. The molecule has 1 aliphatic carbocycles. The fourth-order valence-electron chi connectivity index (χ4n) is 2.79. The molecule has 0 spiro atoms. The van der Waals surface area contributed by atoms with E-state index in [1.807, 2.05) is 6.92 Å². The largest absolute Gasteiger partial charge is 0.435 e. The predicted molar refractivity (Wildman–Crippen MR) is 75.1 cm³/mol. The van der Waals surface area contributed by atoms with E-state index in [9.17, 15) is 4.79 Å². The summed E-state index contributed by atoms with van der Waals surface area (Å²) >= 11 is 0. The van der Waals surface area contributed by atoms with Gasteiger partial charge >= 0.3 is 5.97 Å². The SMILES string of the molecule is CC(=O)O/C=C(\C)CCC1=C(C)CCCC1(C)C. The van der Waals surface area contributed by atoms with Gasteiger partial charge in [-0.25, -0.2) is 0 Å². The van der Waals surface area contributed by atoms with Crippen LogP contribution in [0.2, 0.25) is 0 Å². The van der Waals surface area contributed by atoms with Crippen LogP contribution in [0.25, 0.3) is 0 Å². The van der Waals surface area contributed by atoms with Crippen molar-refractivity contribution in [1.82, 2.24) is 0 Å². The van der Waals surface area contributed by atoms with E-state index in [0.29, 0.717) is 5.41 Å². The van der Waals surface area contributed by atoms with E-state index in [1.165, 1.54) is 26.2 Å². The van der Waals surface area contributed by atoms with Gasteiger partial charge in [0.1, 0.15) is 0 Å².